The molecule has 164 valence electrons. The van der Waals surface area contributed by atoms with Crippen LogP contribution in [0.5, 0.6) is 0 Å². The van der Waals surface area contributed by atoms with Crippen molar-refractivity contribution >= 4 is 44.9 Å². The van der Waals surface area contributed by atoms with Gasteiger partial charge >= 0.3 is 0 Å². The van der Waals surface area contributed by atoms with Gasteiger partial charge in [-0.15, -0.1) is 11.3 Å². The van der Waals surface area contributed by atoms with Gasteiger partial charge in [-0.1, -0.05) is 59.8 Å². The fourth-order valence-electron chi connectivity index (χ4n) is 4.18. The lowest BCUT2D eigenvalue weighted by Gasteiger charge is -2.21. The number of nitrogens with zero attached hydrogens (tertiary/aromatic N) is 3. The molecule has 0 radical (unpaired) electrons. The van der Waals surface area contributed by atoms with E-state index < -0.39 is 0 Å². The Hall–Kier alpha value is -2.12. The second kappa shape index (κ2) is 9.40. The van der Waals surface area contributed by atoms with Crippen molar-refractivity contribution < 1.29 is 0 Å². The van der Waals surface area contributed by atoms with Crippen molar-refractivity contribution in [2.75, 3.05) is 19.3 Å². The number of hydrogen-bond acceptors (Lipinski definition) is 5. The van der Waals surface area contributed by atoms with Crippen molar-refractivity contribution in [3.63, 3.8) is 0 Å². The maximum Gasteiger partial charge on any atom is 0.267 e. The van der Waals surface area contributed by atoms with Crippen molar-refractivity contribution in [3.05, 3.63) is 86.0 Å². The topological polar surface area (TPSA) is 38.1 Å². The molecule has 7 heteroatoms. The second-order valence-electron chi connectivity index (χ2n) is 8.12. The quantitative estimate of drug-likeness (QED) is 0.198. The molecular weight excluding hydrogens is 458 g/mol. The summed E-state index contributed by atoms with van der Waals surface area (Å²) in [7, 11) is 2.12. The Labute approximate surface area is 200 Å². The van der Waals surface area contributed by atoms with E-state index in [0.717, 1.165) is 59.2 Å². The first-order chi connectivity index (χ1) is 15.6. The normalized spacial score (nSPS) is 14.1. The fourth-order valence-corrected chi connectivity index (χ4v) is 6.65. The molecular formula is C25H24ClN3OS2. The highest BCUT2D eigenvalue weighted by molar-refractivity contribution is 7.99. The van der Waals surface area contributed by atoms with Crippen LogP contribution in [0.25, 0.3) is 15.9 Å². The third-order valence-electron chi connectivity index (χ3n) is 5.78. The van der Waals surface area contributed by atoms with E-state index in [1.807, 2.05) is 30.3 Å². The number of aryl methyl sites for hydroxylation is 1. The van der Waals surface area contributed by atoms with Gasteiger partial charge in [0.1, 0.15) is 4.83 Å². The van der Waals surface area contributed by atoms with E-state index in [0.29, 0.717) is 5.02 Å². The van der Waals surface area contributed by atoms with Gasteiger partial charge in [-0.3, -0.25) is 9.36 Å². The Morgan fingerprint density at radius 3 is 2.81 bits per heavy atom. The van der Waals surface area contributed by atoms with Crippen LogP contribution in [0.3, 0.4) is 0 Å². The summed E-state index contributed by atoms with van der Waals surface area (Å²) >= 11 is 9.59. The summed E-state index contributed by atoms with van der Waals surface area (Å²) in [6.45, 7) is 1.85. The van der Waals surface area contributed by atoms with Crippen LogP contribution in [0.2, 0.25) is 5.02 Å². The molecule has 0 saturated heterocycles. The van der Waals surface area contributed by atoms with Crippen molar-refractivity contribution in [2.45, 2.75) is 31.0 Å². The number of hydrogen-bond donors (Lipinski definition) is 0. The molecule has 0 bridgehead atoms. The zero-order chi connectivity index (χ0) is 22.1. The molecule has 2 aromatic carbocycles. The predicted octanol–water partition coefficient (Wildman–Crippen LogP) is 5.81. The molecule has 0 aliphatic carbocycles. The minimum absolute atomic E-state index is 0.0184. The molecule has 3 heterocycles. The number of aromatic nitrogens is 2. The van der Waals surface area contributed by atoms with Crippen molar-refractivity contribution in [3.8, 4) is 5.69 Å². The number of rotatable bonds is 6. The summed E-state index contributed by atoms with van der Waals surface area (Å²) in [5, 5.41) is 2.14. The van der Waals surface area contributed by atoms with Crippen LogP contribution in [0.15, 0.2) is 64.5 Å². The van der Waals surface area contributed by atoms with Gasteiger partial charge in [0, 0.05) is 28.7 Å². The highest BCUT2D eigenvalue weighted by Gasteiger charge is 2.24. The number of thiophene rings is 1. The van der Waals surface area contributed by atoms with Crippen LogP contribution < -0.4 is 5.56 Å². The average Bonchev–Trinajstić information content (AvgIpc) is 3.15. The van der Waals surface area contributed by atoms with E-state index >= 15 is 0 Å². The molecule has 1 aliphatic rings. The molecule has 4 nitrogen and oxygen atoms in total. The van der Waals surface area contributed by atoms with Crippen molar-refractivity contribution in [1.82, 2.24) is 14.5 Å². The highest BCUT2D eigenvalue weighted by atomic mass is 35.5. The van der Waals surface area contributed by atoms with Crippen LogP contribution in [-0.4, -0.2) is 33.8 Å². The van der Waals surface area contributed by atoms with E-state index in [-0.39, 0.29) is 5.56 Å². The SMILES string of the molecule is CN1CCc2c(sc3nc(SCCCc4ccccc4)n(-c4cccc(Cl)c4)c(=O)c23)C1. The number of benzene rings is 2. The number of halogens is 1. The molecule has 5 rings (SSSR count). The number of thioether (sulfide) groups is 1. The fraction of sp³-hybridized carbons (Fsp3) is 0.280. The van der Waals surface area contributed by atoms with Crippen LogP contribution in [0.4, 0.5) is 0 Å². The molecule has 32 heavy (non-hydrogen) atoms. The third kappa shape index (κ3) is 4.37. The summed E-state index contributed by atoms with van der Waals surface area (Å²) in [6, 6.07) is 18.0. The maximum atomic E-state index is 13.8. The van der Waals surface area contributed by atoms with Crippen LogP contribution in [-0.2, 0) is 19.4 Å². The molecule has 0 saturated carbocycles. The van der Waals surface area contributed by atoms with Crippen molar-refractivity contribution in [1.29, 1.82) is 0 Å². The van der Waals surface area contributed by atoms with Gasteiger partial charge < -0.3 is 4.90 Å². The molecule has 0 unspecified atom stereocenters. The van der Waals surface area contributed by atoms with Gasteiger partial charge in [0.05, 0.1) is 11.1 Å². The first-order valence-electron chi connectivity index (χ1n) is 10.8. The van der Waals surface area contributed by atoms with Gasteiger partial charge in [-0.2, -0.15) is 0 Å². The molecule has 0 fully saturated rings. The summed E-state index contributed by atoms with van der Waals surface area (Å²) in [4.78, 5) is 23.2. The van der Waals surface area contributed by atoms with E-state index in [1.165, 1.54) is 16.0 Å². The molecule has 1 aliphatic heterocycles. The first kappa shape index (κ1) is 21.7. The van der Waals surface area contributed by atoms with Crippen LogP contribution in [0.1, 0.15) is 22.4 Å². The Kier molecular flexibility index (Phi) is 6.37. The minimum atomic E-state index is 0.0184. The molecule has 2 aromatic heterocycles. The lowest BCUT2D eigenvalue weighted by molar-refractivity contribution is 0.318. The number of fused-ring (bicyclic) bond motifs is 3. The molecule has 0 spiro atoms. The van der Waals surface area contributed by atoms with Crippen LogP contribution >= 0.6 is 34.7 Å². The monoisotopic (exact) mass is 481 g/mol. The van der Waals surface area contributed by atoms with E-state index in [1.54, 1.807) is 27.7 Å². The Bertz CT molecular complexity index is 1320. The Balaban J connectivity index is 1.53. The van der Waals surface area contributed by atoms with Crippen molar-refractivity contribution in [2.24, 2.45) is 0 Å². The van der Waals surface area contributed by atoms with E-state index in [9.17, 15) is 4.79 Å². The first-order valence-corrected chi connectivity index (χ1v) is 13.0. The van der Waals surface area contributed by atoms with Gasteiger partial charge in [0.25, 0.3) is 5.56 Å². The summed E-state index contributed by atoms with van der Waals surface area (Å²) in [5.74, 6) is 0.890. The third-order valence-corrected chi connectivity index (χ3v) is 8.16. The summed E-state index contributed by atoms with van der Waals surface area (Å²) < 4.78 is 1.76. The second-order valence-corrected chi connectivity index (χ2v) is 10.7. The Morgan fingerprint density at radius 1 is 1.16 bits per heavy atom. The van der Waals surface area contributed by atoms with Gasteiger partial charge in [-0.05, 0) is 55.6 Å². The van der Waals surface area contributed by atoms with Gasteiger partial charge in [0.15, 0.2) is 5.16 Å². The van der Waals surface area contributed by atoms with Crippen LogP contribution in [0, 0.1) is 0 Å². The summed E-state index contributed by atoms with van der Waals surface area (Å²) in [6.07, 6.45) is 2.92. The van der Waals surface area contributed by atoms with E-state index in [4.69, 9.17) is 16.6 Å². The average molecular weight is 482 g/mol. The van der Waals surface area contributed by atoms with E-state index in [2.05, 4.69) is 36.2 Å². The Morgan fingerprint density at radius 2 is 2.00 bits per heavy atom. The smallest absolute Gasteiger partial charge is 0.267 e. The lowest BCUT2D eigenvalue weighted by Crippen LogP contribution is -2.27. The zero-order valence-corrected chi connectivity index (χ0v) is 20.3. The molecule has 4 aromatic rings. The molecule has 0 atom stereocenters. The lowest BCUT2D eigenvalue weighted by atomic mass is 10.1. The van der Waals surface area contributed by atoms with Gasteiger partial charge in [-0.25, -0.2) is 4.98 Å². The molecule has 0 N–H and O–H groups in total. The number of likely N-dealkylation sites (N-methyl/N-ethyl adjacent to an activating group) is 1. The van der Waals surface area contributed by atoms with Gasteiger partial charge in [0.2, 0.25) is 0 Å². The highest BCUT2D eigenvalue weighted by Crippen LogP contribution is 2.34. The molecule has 0 amide bonds. The maximum absolute atomic E-state index is 13.8. The largest absolute Gasteiger partial charge is 0.301 e. The zero-order valence-electron chi connectivity index (χ0n) is 17.9. The summed E-state index contributed by atoms with van der Waals surface area (Å²) in [5.41, 5.74) is 3.30. The minimum Gasteiger partial charge on any atom is -0.301 e. The predicted molar refractivity (Wildman–Crippen MR) is 136 cm³/mol. The standard InChI is InChI=1S/C25H24ClN3OS2/c1-28-13-12-20-21(16-28)32-23-22(20)24(30)29(19-11-5-10-18(26)15-19)25(27-23)31-14-6-9-17-7-3-2-4-8-17/h2-5,7-8,10-11,15H,6,9,12-14,16H2,1H3.